The van der Waals surface area contributed by atoms with Crippen LogP contribution >= 0.6 is 0 Å². The van der Waals surface area contributed by atoms with Crippen LogP contribution < -0.4 is 5.32 Å². The summed E-state index contributed by atoms with van der Waals surface area (Å²) >= 11 is 0. The van der Waals surface area contributed by atoms with E-state index in [0.717, 1.165) is 17.4 Å². The second kappa shape index (κ2) is 5.04. The first-order valence-corrected chi connectivity index (χ1v) is 5.74. The van der Waals surface area contributed by atoms with E-state index in [-0.39, 0.29) is 11.8 Å². The Morgan fingerprint density at radius 2 is 2.06 bits per heavy atom. The molecule has 0 aliphatic heterocycles. The molecular weight excluding hydrogens is 231 g/mol. The van der Waals surface area contributed by atoms with Crippen molar-refractivity contribution in [2.75, 3.05) is 5.32 Å². The Balaban J connectivity index is 2.16. The molecule has 4 heteroatoms. The van der Waals surface area contributed by atoms with Crippen LogP contribution in [0.1, 0.15) is 24.2 Å². The minimum absolute atomic E-state index is 0.0690. The topological polar surface area (TPSA) is 45.1 Å². The van der Waals surface area contributed by atoms with Gasteiger partial charge in [0.05, 0.1) is 17.9 Å². The van der Waals surface area contributed by atoms with E-state index in [4.69, 9.17) is 5.11 Å². The molecule has 0 amide bonds. The van der Waals surface area contributed by atoms with E-state index in [1.54, 1.807) is 12.3 Å². The van der Waals surface area contributed by atoms with E-state index in [0.29, 0.717) is 5.56 Å². The number of anilines is 1. The number of pyridine rings is 1. The largest absolute Gasteiger partial charge is 0.508 e. The van der Waals surface area contributed by atoms with Gasteiger partial charge >= 0.3 is 0 Å². The van der Waals surface area contributed by atoms with Gasteiger partial charge in [-0.3, -0.25) is 4.98 Å². The number of phenolic OH excluding ortho intramolecular Hbond substituents is 1. The Morgan fingerprint density at radius 3 is 2.67 bits per heavy atom. The number of hydrogen-bond donors (Lipinski definition) is 2. The van der Waals surface area contributed by atoms with Crippen LogP contribution in [0, 0.1) is 12.7 Å². The zero-order valence-electron chi connectivity index (χ0n) is 10.3. The minimum atomic E-state index is -0.421. The zero-order valence-corrected chi connectivity index (χ0v) is 10.3. The summed E-state index contributed by atoms with van der Waals surface area (Å²) in [5, 5.41) is 12.3. The highest BCUT2D eigenvalue weighted by molar-refractivity contribution is 5.44. The molecule has 0 bridgehead atoms. The Kier molecular flexibility index (Phi) is 3.46. The van der Waals surface area contributed by atoms with Gasteiger partial charge in [-0.1, -0.05) is 6.07 Å². The first-order chi connectivity index (χ1) is 8.56. The van der Waals surface area contributed by atoms with E-state index < -0.39 is 5.82 Å². The molecule has 2 aromatic rings. The lowest BCUT2D eigenvalue weighted by Crippen LogP contribution is -2.08. The van der Waals surface area contributed by atoms with Gasteiger partial charge in [0.2, 0.25) is 0 Å². The summed E-state index contributed by atoms with van der Waals surface area (Å²) in [6.07, 6.45) is 1.71. The summed E-state index contributed by atoms with van der Waals surface area (Å²) in [5.41, 5.74) is 2.28. The van der Waals surface area contributed by atoms with Gasteiger partial charge in [0.25, 0.3) is 0 Å². The molecule has 0 saturated carbocycles. The summed E-state index contributed by atoms with van der Waals surface area (Å²) in [4.78, 5) is 4.17. The molecule has 2 N–H and O–H groups in total. The number of rotatable bonds is 3. The molecule has 0 saturated heterocycles. The number of phenols is 1. The third-order valence-electron chi connectivity index (χ3n) is 2.75. The van der Waals surface area contributed by atoms with E-state index in [1.807, 2.05) is 26.0 Å². The van der Waals surface area contributed by atoms with Crippen molar-refractivity contribution in [1.29, 1.82) is 0 Å². The normalized spacial score (nSPS) is 12.2. The van der Waals surface area contributed by atoms with Crippen LogP contribution in [0.5, 0.6) is 5.75 Å². The Bertz CT molecular complexity index is 540. The quantitative estimate of drug-likeness (QED) is 0.872. The summed E-state index contributed by atoms with van der Waals surface area (Å²) in [6.45, 7) is 3.77. The van der Waals surface area contributed by atoms with Gasteiger partial charge < -0.3 is 10.4 Å². The third kappa shape index (κ3) is 2.77. The van der Waals surface area contributed by atoms with Crippen molar-refractivity contribution in [3.05, 3.63) is 53.6 Å². The van der Waals surface area contributed by atoms with Gasteiger partial charge in [-0.25, -0.2) is 4.39 Å². The second-order valence-corrected chi connectivity index (χ2v) is 4.26. The molecule has 0 aliphatic rings. The molecule has 0 radical (unpaired) electrons. The molecule has 1 unspecified atom stereocenters. The van der Waals surface area contributed by atoms with E-state index in [1.165, 1.54) is 6.07 Å². The third-order valence-corrected chi connectivity index (χ3v) is 2.75. The lowest BCUT2D eigenvalue weighted by atomic mass is 10.1. The molecule has 0 fully saturated rings. The van der Waals surface area contributed by atoms with Gasteiger partial charge in [-0.05, 0) is 32.0 Å². The molecule has 0 aliphatic carbocycles. The Hall–Kier alpha value is -2.10. The summed E-state index contributed by atoms with van der Waals surface area (Å²) in [6, 6.07) is 7.75. The van der Waals surface area contributed by atoms with E-state index in [2.05, 4.69) is 10.3 Å². The average molecular weight is 246 g/mol. The monoisotopic (exact) mass is 246 g/mol. The number of halogens is 1. The number of aromatic nitrogens is 1. The van der Waals surface area contributed by atoms with E-state index >= 15 is 0 Å². The maximum atomic E-state index is 13.7. The van der Waals surface area contributed by atoms with Crippen molar-refractivity contribution in [2.45, 2.75) is 19.9 Å². The molecule has 1 heterocycles. The SMILES string of the molecule is Cc1ccc(NC(C)c2ccc(O)cc2F)cn1. The van der Waals surface area contributed by atoms with Gasteiger partial charge in [0.15, 0.2) is 0 Å². The average Bonchev–Trinajstić information content (AvgIpc) is 2.32. The van der Waals surface area contributed by atoms with Crippen molar-refractivity contribution >= 4 is 5.69 Å². The standard InChI is InChI=1S/C14H15FN2O/c1-9-3-4-11(8-16-9)17-10(2)13-6-5-12(18)7-14(13)15/h3-8,10,17-18H,1-2H3. The van der Waals surface area contributed by atoms with Crippen LogP contribution in [0.25, 0.3) is 0 Å². The highest BCUT2D eigenvalue weighted by Gasteiger charge is 2.11. The molecule has 1 aromatic carbocycles. The Morgan fingerprint density at radius 1 is 1.28 bits per heavy atom. The number of aryl methyl sites for hydroxylation is 1. The fourth-order valence-corrected chi connectivity index (χ4v) is 1.75. The first kappa shape index (κ1) is 12.4. The molecule has 94 valence electrons. The number of hydrogen-bond acceptors (Lipinski definition) is 3. The Labute approximate surface area is 105 Å². The van der Waals surface area contributed by atoms with Crippen LogP contribution in [0.3, 0.4) is 0 Å². The van der Waals surface area contributed by atoms with Crippen LogP contribution in [-0.4, -0.2) is 10.1 Å². The number of nitrogens with one attached hydrogen (secondary N) is 1. The molecule has 3 nitrogen and oxygen atoms in total. The molecular formula is C14H15FN2O. The number of nitrogens with zero attached hydrogens (tertiary/aromatic N) is 1. The molecule has 2 rings (SSSR count). The van der Waals surface area contributed by atoms with Crippen molar-refractivity contribution in [2.24, 2.45) is 0 Å². The molecule has 1 aromatic heterocycles. The fraction of sp³-hybridized carbons (Fsp3) is 0.214. The highest BCUT2D eigenvalue weighted by atomic mass is 19.1. The lowest BCUT2D eigenvalue weighted by molar-refractivity contribution is 0.467. The fourth-order valence-electron chi connectivity index (χ4n) is 1.75. The zero-order chi connectivity index (χ0) is 13.1. The highest BCUT2D eigenvalue weighted by Crippen LogP contribution is 2.24. The van der Waals surface area contributed by atoms with Crippen LogP contribution in [-0.2, 0) is 0 Å². The van der Waals surface area contributed by atoms with Crippen molar-refractivity contribution in [3.63, 3.8) is 0 Å². The molecule has 1 atom stereocenters. The number of aromatic hydroxyl groups is 1. The predicted molar refractivity (Wildman–Crippen MR) is 69.1 cm³/mol. The van der Waals surface area contributed by atoms with Crippen LogP contribution in [0.4, 0.5) is 10.1 Å². The van der Waals surface area contributed by atoms with Gasteiger partial charge in [-0.15, -0.1) is 0 Å². The smallest absolute Gasteiger partial charge is 0.132 e. The maximum absolute atomic E-state index is 13.7. The van der Waals surface area contributed by atoms with Gasteiger partial charge in [-0.2, -0.15) is 0 Å². The predicted octanol–water partition coefficient (Wildman–Crippen LogP) is 3.41. The minimum Gasteiger partial charge on any atom is -0.508 e. The van der Waals surface area contributed by atoms with Crippen molar-refractivity contribution in [1.82, 2.24) is 4.98 Å². The van der Waals surface area contributed by atoms with Crippen molar-refractivity contribution in [3.8, 4) is 5.75 Å². The molecule has 18 heavy (non-hydrogen) atoms. The first-order valence-electron chi connectivity index (χ1n) is 5.74. The summed E-state index contributed by atoms with van der Waals surface area (Å²) in [7, 11) is 0. The van der Waals surface area contributed by atoms with Gasteiger partial charge in [0.1, 0.15) is 11.6 Å². The maximum Gasteiger partial charge on any atom is 0.132 e. The lowest BCUT2D eigenvalue weighted by Gasteiger charge is -2.16. The van der Waals surface area contributed by atoms with E-state index in [9.17, 15) is 4.39 Å². The summed E-state index contributed by atoms with van der Waals surface area (Å²) in [5.74, 6) is -0.490. The number of benzene rings is 1. The second-order valence-electron chi connectivity index (χ2n) is 4.26. The van der Waals surface area contributed by atoms with Crippen LogP contribution in [0.15, 0.2) is 36.5 Å². The summed E-state index contributed by atoms with van der Waals surface area (Å²) < 4.78 is 13.7. The molecule has 0 spiro atoms. The van der Waals surface area contributed by atoms with Gasteiger partial charge in [0, 0.05) is 17.3 Å². The van der Waals surface area contributed by atoms with Crippen LogP contribution in [0.2, 0.25) is 0 Å². The van der Waals surface area contributed by atoms with Crippen molar-refractivity contribution < 1.29 is 9.50 Å².